The number of likely N-dealkylation sites (N-methyl/N-ethyl adjacent to an activating group) is 1. The maximum atomic E-state index is 5.24. The van der Waals surface area contributed by atoms with Crippen LogP contribution in [0, 0.1) is 0 Å². The molecule has 0 spiro atoms. The second-order valence-electron chi connectivity index (χ2n) is 4.93. The van der Waals surface area contributed by atoms with E-state index >= 15 is 0 Å². The summed E-state index contributed by atoms with van der Waals surface area (Å²) in [5.74, 6) is 0.914. The van der Waals surface area contributed by atoms with Gasteiger partial charge < -0.3 is 15.0 Å². The molecule has 0 fully saturated rings. The minimum absolute atomic E-state index is 0.914. The zero-order valence-corrected chi connectivity index (χ0v) is 12.6. The number of nitrogens with one attached hydrogen (secondary N) is 1. The summed E-state index contributed by atoms with van der Waals surface area (Å²) in [7, 11) is 3.82. The van der Waals surface area contributed by atoms with Gasteiger partial charge in [-0.3, -0.25) is 0 Å². The maximum absolute atomic E-state index is 5.24. The van der Waals surface area contributed by atoms with E-state index < -0.39 is 0 Å². The van der Waals surface area contributed by atoms with Crippen LogP contribution in [0.2, 0.25) is 0 Å². The third-order valence-electron chi connectivity index (χ3n) is 3.33. The summed E-state index contributed by atoms with van der Waals surface area (Å²) in [6.07, 6.45) is 5.29. The summed E-state index contributed by atoms with van der Waals surface area (Å²) in [4.78, 5) is 2.25. The average Bonchev–Trinajstić information content (AvgIpc) is 2.46. The van der Waals surface area contributed by atoms with Gasteiger partial charge in [0.1, 0.15) is 5.75 Å². The Hall–Kier alpha value is -1.22. The van der Waals surface area contributed by atoms with Crippen molar-refractivity contribution in [3.63, 3.8) is 0 Å². The number of methoxy groups -OCH3 is 1. The molecule has 0 aliphatic rings. The van der Waals surface area contributed by atoms with Crippen LogP contribution in [0.3, 0.4) is 0 Å². The van der Waals surface area contributed by atoms with Crippen LogP contribution in [-0.4, -0.2) is 33.8 Å². The summed E-state index contributed by atoms with van der Waals surface area (Å²) in [6, 6.07) is 8.19. The van der Waals surface area contributed by atoms with Crippen molar-refractivity contribution >= 4 is 5.69 Å². The molecule has 108 valence electrons. The standard InChI is InChI=1S/C16H28N2O/c1-4-5-6-7-11-17-12-13-18(2)15-9-8-10-16(14-15)19-3/h8-10,14,17H,4-7,11-13H2,1-3H3. The second kappa shape index (κ2) is 9.68. The minimum atomic E-state index is 0.914. The Morgan fingerprint density at radius 3 is 2.74 bits per heavy atom. The molecular weight excluding hydrogens is 236 g/mol. The number of ether oxygens (including phenoxy) is 1. The van der Waals surface area contributed by atoms with Gasteiger partial charge in [0.25, 0.3) is 0 Å². The lowest BCUT2D eigenvalue weighted by Crippen LogP contribution is -2.29. The van der Waals surface area contributed by atoms with Crippen molar-refractivity contribution < 1.29 is 4.74 Å². The Morgan fingerprint density at radius 1 is 1.16 bits per heavy atom. The zero-order valence-electron chi connectivity index (χ0n) is 12.6. The lowest BCUT2D eigenvalue weighted by atomic mass is 10.2. The van der Waals surface area contributed by atoms with Crippen LogP contribution in [0.25, 0.3) is 0 Å². The van der Waals surface area contributed by atoms with Gasteiger partial charge in [0.2, 0.25) is 0 Å². The van der Waals surface area contributed by atoms with E-state index in [0.717, 1.165) is 25.4 Å². The van der Waals surface area contributed by atoms with Crippen LogP contribution in [0.5, 0.6) is 5.75 Å². The molecule has 0 radical (unpaired) electrons. The lowest BCUT2D eigenvalue weighted by Gasteiger charge is -2.20. The van der Waals surface area contributed by atoms with E-state index in [-0.39, 0.29) is 0 Å². The second-order valence-corrected chi connectivity index (χ2v) is 4.93. The summed E-state index contributed by atoms with van der Waals surface area (Å²) in [5.41, 5.74) is 1.20. The highest BCUT2D eigenvalue weighted by molar-refractivity contribution is 5.50. The number of hydrogen-bond donors (Lipinski definition) is 1. The van der Waals surface area contributed by atoms with Crippen molar-refractivity contribution in [2.75, 3.05) is 38.7 Å². The van der Waals surface area contributed by atoms with Gasteiger partial charge in [0.15, 0.2) is 0 Å². The van der Waals surface area contributed by atoms with Crippen LogP contribution >= 0.6 is 0 Å². The monoisotopic (exact) mass is 264 g/mol. The van der Waals surface area contributed by atoms with E-state index in [1.165, 1.54) is 31.4 Å². The molecule has 0 amide bonds. The smallest absolute Gasteiger partial charge is 0.120 e. The van der Waals surface area contributed by atoms with Crippen LogP contribution in [0.4, 0.5) is 5.69 Å². The van der Waals surface area contributed by atoms with Crippen LogP contribution in [-0.2, 0) is 0 Å². The van der Waals surface area contributed by atoms with Gasteiger partial charge in [-0.05, 0) is 25.1 Å². The first-order valence-electron chi connectivity index (χ1n) is 7.34. The molecule has 0 aliphatic carbocycles. The van der Waals surface area contributed by atoms with Crippen molar-refractivity contribution in [1.29, 1.82) is 0 Å². The van der Waals surface area contributed by atoms with Crippen LogP contribution < -0.4 is 15.0 Å². The van der Waals surface area contributed by atoms with Gasteiger partial charge in [0.05, 0.1) is 7.11 Å². The largest absolute Gasteiger partial charge is 0.497 e. The molecule has 1 aromatic carbocycles. The molecule has 1 N–H and O–H groups in total. The quantitative estimate of drug-likeness (QED) is 0.656. The van der Waals surface area contributed by atoms with E-state index in [1.807, 2.05) is 12.1 Å². The van der Waals surface area contributed by atoms with Crippen LogP contribution in [0.15, 0.2) is 24.3 Å². The summed E-state index contributed by atoms with van der Waals surface area (Å²) >= 11 is 0. The van der Waals surface area contributed by atoms with Crippen molar-refractivity contribution in [3.05, 3.63) is 24.3 Å². The molecule has 3 nitrogen and oxygen atoms in total. The van der Waals surface area contributed by atoms with E-state index in [0.29, 0.717) is 0 Å². The number of unbranched alkanes of at least 4 members (excludes halogenated alkanes) is 3. The molecule has 0 bridgehead atoms. The highest BCUT2D eigenvalue weighted by Crippen LogP contribution is 2.19. The topological polar surface area (TPSA) is 24.5 Å². The zero-order chi connectivity index (χ0) is 13.9. The molecule has 0 aromatic heterocycles. The van der Waals surface area contributed by atoms with Crippen molar-refractivity contribution in [3.8, 4) is 5.75 Å². The van der Waals surface area contributed by atoms with Crippen LogP contribution in [0.1, 0.15) is 32.6 Å². The Balaban J connectivity index is 2.18. The van der Waals surface area contributed by atoms with Gasteiger partial charge in [-0.2, -0.15) is 0 Å². The SMILES string of the molecule is CCCCCCNCCN(C)c1cccc(OC)c1. The van der Waals surface area contributed by atoms with Gasteiger partial charge in [-0.1, -0.05) is 32.3 Å². The van der Waals surface area contributed by atoms with E-state index in [4.69, 9.17) is 4.74 Å². The van der Waals surface area contributed by atoms with Gasteiger partial charge >= 0.3 is 0 Å². The third-order valence-corrected chi connectivity index (χ3v) is 3.33. The molecular formula is C16H28N2O. The fraction of sp³-hybridized carbons (Fsp3) is 0.625. The number of hydrogen-bond acceptors (Lipinski definition) is 3. The van der Waals surface area contributed by atoms with Gasteiger partial charge in [-0.25, -0.2) is 0 Å². The average molecular weight is 264 g/mol. The molecule has 0 unspecified atom stereocenters. The van der Waals surface area contributed by atoms with E-state index in [9.17, 15) is 0 Å². The van der Waals surface area contributed by atoms with E-state index in [2.05, 4.69) is 36.3 Å². The highest BCUT2D eigenvalue weighted by atomic mass is 16.5. The first-order chi connectivity index (χ1) is 9.27. The number of nitrogens with zero attached hydrogens (tertiary/aromatic N) is 1. The number of rotatable bonds is 10. The normalized spacial score (nSPS) is 10.5. The highest BCUT2D eigenvalue weighted by Gasteiger charge is 2.01. The van der Waals surface area contributed by atoms with Crippen molar-refractivity contribution in [1.82, 2.24) is 5.32 Å². The fourth-order valence-corrected chi connectivity index (χ4v) is 2.03. The molecule has 1 aromatic rings. The Morgan fingerprint density at radius 2 is 2.00 bits per heavy atom. The molecule has 19 heavy (non-hydrogen) atoms. The van der Waals surface area contributed by atoms with Crippen molar-refractivity contribution in [2.24, 2.45) is 0 Å². The maximum Gasteiger partial charge on any atom is 0.120 e. The molecule has 0 saturated carbocycles. The molecule has 0 saturated heterocycles. The lowest BCUT2D eigenvalue weighted by molar-refractivity contribution is 0.415. The number of benzene rings is 1. The Bertz CT molecular complexity index is 341. The van der Waals surface area contributed by atoms with Crippen molar-refractivity contribution in [2.45, 2.75) is 32.6 Å². The Kier molecular flexibility index (Phi) is 8.07. The molecule has 0 atom stereocenters. The van der Waals surface area contributed by atoms with E-state index in [1.54, 1.807) is 7.11 Å². The summed E-state index contributed by atoms with van der Waals surface area (Å²) < 4.78 is 5.24. The third kappa shape index (κ3) is 6.48. The summed E-state index contributed by atoms with van der Waals surface area (Å²) in [5, 5.41) is 3.50. The number of anilines is 1. The minimum Gasteiger partial charge on any atom is -0.497 e. The van der Waals surface area contributed by atoms with Gasteiger partial charge in [0, 0.05) is 31.9 Å². The molecule has 0 aliphatic heterocycles. The first kappa shape index (κ1) is 15.8. The Labute approximate surface area is 118 Å². The predicted octanol–water partition coefficient (Wildman–Crippen LogP) is 3.30. The fourth-order valence-electron chi connectivity index (χ4n) is 2.03. The summed E-state index contributed by atoms with van der Waals surface area (Å²) in [6.45, 7) is 5.42. The van der Waals surface area contributed by atoms with Gasteiger partial charge in [-0.15, -0.1) is 0 Å². The molecule has 1 rings (SSSR count). The predicted molar refractivity (Wildman–Crippen MR) is 83.3 cm³/mol. The first-order valence-corrected chi connectivity index (χ1v) is 7.34. The molecule has 3 heteroatoms. The molecule has 0 heterocycles.